The molecule has 0 unspecified atom stereocenters. The zero-order valence-corrected chi connectivity index (χ0v) is 28.3. The zero-order valence-electron chi connectivity index (χ0n) is 26.5. The molecule has 10 heteroatoms. The van der Waals surface area contributed by atoms with Crippen molar-refractivity contribution in [1.82, 2.24) is 0 Å². The molecule has 4 atom stereocenters. The van der Waals surface area contributed by atoms with Gasteiger partial charge in [0.2, 0.25) is 0 Å². The van der Waals surface area contributed by atoms with E-state index < -0.39 is 14.3 Å². The lowest BCUT2D eigenvalue weighted by atomic mass is 10.0. The van der Waals surface area contributed by atoms with E-state index >= 15 is 0 Å². The van der Waals surface area contributed by atoms with Gasteiger partial charge in [0.25, 0.3) is 0 Å². The molecule has 0 amide bonds. The van der Waals surface area contributed by atoms with E-state index in [2.05, 4.69) is 41.5 Å². The molecule has 0 fully saturated rings. The van der Waals surface area contributed by atoms with Gasteiger partial charge >= 0.3 is 12.3 Å². The Hall–Kier alpha value is -2.42. The third kappa shape index (κ3) is 26.9. The van der Waals surface area contributed by atoms with E-state index in [4.69, 9.17) is 28.7 Å². The maximum Gasteiger partial charge on any atom is 0.373 e. The number of hydrogen-bond acceptors (Lipinski definition) is 8. The molecule has 0 spiro atoms. The fraction of sp³-hybridized carbons (Fsp3) is 0.576. The lowest BCUT2D eigenvalue weighted by Gasteiger charge is -2.21. The summed E-state index contributed by atoms with van der Waals surface area (Å²) in [7, 11) is -4.32. The van der Waals surface area contributed by atoms with Crippen molar-refractivity contribution >= 4 is 26.6 Å². The van der Waals surface area contributed by atoms with Gasteiger partial charge in [0.05, 0.1) is 25.9 Å². The van der Waals surface area contributed by atoms with Gasteiger partial charge in [-0.25, -0.2) is 0 Å². The molecule has 0 N–H and O–H groups in total. The maximum absolute atomic E-state index is 12.4. The molecule has 0 aliphatic heterocycles. The summed E-state index contributed by atoms with van der Waals surface area (Å²) in [6.07, 6.45) is 2.83. The summed E-state index contributed by atoms with van der Waals surface area (Å²) >= 11 is 0. The van der Waals surface area contributed by atoms with E-state index in [0.29, 0.717) is 49.6 Å². The second kappa shape index (κ2) is 26.0. The first kappa shape index (κ1) is 45.0. The molecule has 2 aromatic carbocycles. The van der Waals surface area contributed by atoms with Crippen LogP contribution in [0.15, 0.2) is 60.7 Å². The largest absolute Gasteiger partial charge is 0.373 e. The van der Waals surface area contributed by atoms with Crippen LogP contribution in [0.1, 0.15) is 60.1 Å². The van der Waals surface area contributed by atoms with Gasteiger partial charge in [0, 0.05) is 12.3 Å². The van der Waals surface area contributed by atoms with Crippen LogP contribution in [0.2, 0.25) is 0 Å². The summed E-state index contributed by atoms with van der Waals surface area (Å²) in [6.45, 7) is 17.9. The molecule has 244 valence electrons. The summed E-state index contributed by atoms with van der Waals surface area (Å²) in [5.41, 5.74) is 2.27. The van der Waals surface area contributed by atoms with Crippen LogP contribution < -0.4 is 0 Å². The third-order valence-electron chi connectivity index (χ3n) is 6.58. The van der Waals surface area contributed by atoms with Crippen LogP contribution in [0.5, 0.6) is 0 Å². The van der Waals surface area contributed by atoms with E-state index in [-0.39, 0.29) is 19.7 Å². The van der Waals surface area contributed by atoms with Crippen molar-refractivity contribution in [3.05, 3.63) is 71.8 Å². The van der Waals surface area contributed by atoms with Crippen LogP contribution in [0.25, 0.3) is 0 Å². The van der Waals surface area contributed by atoms with Crippen LogP contribution in [-0.2, 0) is 51.0 Å². The normalized spacial score (nSPS) is 14.2. The van der Waals surface area contributed by atoms with Gasteiger partial charge in [-0.2, -0.15) is 19.2 Å². The van der Waals surface area contributed by atoms with E-state index in [9.17, 15) is 9.13 Å². The predicted molar refractivity (Wildman–Crippen MR) is 174 cm³/mol. The first-order valence-corrected chi connectivity index (χ1v) is 19.0. The van der Waals surface area contributed by atoms with Crippen molar-refractivity contribution in [2.75, 3.05) is 38.3 Å². The van der Waals surface area contributed by atoms with Crippen LogP contribution in [0, 0.1) is 23.7 Å². The zero-order chi connectivity index (χ0) is 32.6. The molecule has 0 aliphatic carbocycles. The first-order valence-electron chi connectivity index (χ1n) is 14.0. The van der Waals surface area contributed by atoms with Gasteiger partial charge in [-0.15, -0.1) is 0 Å². The number of hydrogen-bond donors (Lipinski definition) is 0. The highest BCUT2D eigenvalue weighted by atomic mass is 31.2. The smallest absolute Gasteiger partial charge is 0.369 e. The molecular weight excluding hydrogens is 586 g/mol. The molecule has 0 saturated carbocycles. The average Bonchev–Trinajstić information content (AvgIpc) is 2.90. The van der Waals surface area contributed by atoms with Crippen LogP contribution in [-0.4, -0.2) is 50.7 Å². The molecule has 0 saturated heterocycles. The number of carbonyl (C=O) groups excluding carboxylic acids is 4. The van der Waals surface area contributed by atoms with Gasteiger partial charge in [-0.1, -0.05) is 110 Å². The fourth-order valence-corrected chi connectivity index (χ4v) is 8.05. The molecule has 2 rings (SSSR count). The van der Waals surface area contributed by atoms with Crippen molar-refractivity contribution in [2.24, 2.45) is 23.7 Å². The quantitative estimate of drug-likeness (QED) is 0.189. The number of benzene rings is 2. The molecule has 0 heterocycles. The monoisotopic (exact) mass is 640 g/mol. The third-order valence-corrected chi connectivity index (χ3v) is 10.7. The summed E-state index contributed by atoms with van der Waals surface area (Å²) in [5, 5.41) is 0. The minimum absolute atomic E-state index is 0. The second-order valence-corrected chi connectivity index (χ2v) is 17.9. The molecule has 0 aliphatic rings. The van der Waals surface area contributed by atoms with Crippen molar-refractivity contribution in [3.63, 3.8) is 0 Å². The lowest BCUT2D eigenvalue weighted by Crippen LogP contribution is -2.11. The Morgan fingerprint density at radius 3 is 1.07 bits per heavy atom. The maximum atomic E-state index is 12.4. The Morgan fingerprint density at radius 2 is 0.837 bits per heavy atom. The second-order valence-electron chi connectivity index (χ2n) is 11.5. The fourth-order valence-electron chi connectivity index (χ4n) is 3.61. The van der Waals surface area contributed by atoms with Gasteiger partial charge in [0.1, 0.15) is 14.3 Å². The minimum atomic E-state index is -2.16. The molecule has 8 nitrogen and oxygen atoms in total. The summed E-state index contributed by atoms with van der Waals surface area (Å²) in [6, 6.07) is 20.0. The topological polar surface area (TPSA) is 121 Å². The van der Waals surface area contributed by atoms with Crippen molar-refractivity contribution in [2.45, 2.75) is 62.2 Å². The molecule has 43 heavy (non-hydrogen) atoms. The Balaban J connectivity index is -0.000000616. The Kier molecular flexibility index (Phi) is 27.2. The summed E-state index contributed by atoms with van der Waals surface area (Å²) in [5.74, 6) is 2.13. The highest BCUT2D eigenvalue weighted by Gasteiger charge is 2.22. The summed E-state index contributed by atoms with van der Waals surface area (Å²) < 4.78 is 36.0. The summed E-state index contributed by atoms with van der Waals surface area (Å²) in [4.78, 5) is 32.5. The molecule has 0 aromatic heterocycles. The van der Waals surface area contributed by atoms with E-state index in [1.54, 1.807) is 0 Å². The molecular formula is C33H54O8P2. The highest BCUT2D eigenvalue weighted by molar-refractivity contribution is 7.63. The first-order chi connectivity index (χ1) is 19.6. The van der Waals surface area contributed by atoms with Crippen LogP contribution in [0.4, 0.5) is 0 Å². The van der Waals surface area contributed by atoms with Crippen LogP contribution >= 0.6 is 14.3 Å². The molecule has 0 bridgehead atoms. The van der Waals surface area contributed by atoms with Gasteiger partial charge in [-0.3, -0.25) is 0 Å². The van der Waals surface area contributed by atoms with E-state index in [1.807, 2.05) is 74.0 Å². The molecule has 0 radical (unpaired) electrons. The van der Waals surface area contributed by atoms with Gasteiger partial charge in [0.15, 0.2) is 0 Å². The van der Waals surface area contributed by atoms with Crippen molar-refractivity contribution < 1.29 is 37.8 Å². The lowest BCUT2D eigenvalue weighted by molar-refractivity contribution is -0.193. The van der Waals surface area contributed by atoms with E-state index in [0.717, 1.165) is 23.5 Å². The Labute approximate surface area is 260 Å². The van der Waals surface area contributed by atoms with Gasteiger partial charge < -0.3 is 18.6 Å². The average molecular weight is 641 g/mol. The van der Waals surface area contributed by atoms with Crippen LogP contribution in [0.3, 0.4) is 0 Å². The van der Waals surface area contributed by atoms with Crippen molar-refractivity contribution in [1.29, 1.82) is 0 Å². The minimum Gasteiger partial charge on any atom is -0.369 e. The predicted octanol–water partition coefficient (Wildman–Crippen LogP) is 8.36. The highest BCUT2D eigenvalue weighted by Crippen LogP contribution is 2.45. The molecule has 2 aromatic rings. The van der Waals surface area contributed by atoms with Gasteiger partial charge in [-0.05, 0) is 48.1 Å². The Morgan fingerprint density at radius 1 is 0.581 bits per heavy atom. The SMILES string of the molecule is C.CC(C)[C@H](C)C[P@@](C)(=O)COCc1ccccc1.CC(C)[C@H](C)C[P@](C)(=O)COCc1ccccc1.O=C=O.O=C=O. The van der Waals surface area contributed by atoms with E-state index in [1.165, 1.54) is 0 Å². The number of ether oxygens (including phenoxy) is 2. The number of rotatable bonds is 14. The van der Waals surface area contributed by atoms with Crippen molar-refractivity contribution in [3.8, 4) is 0 Å². The standard InChI is InChI=1S/2C15H25O2P.2CO2.CH4/c2*1-13(2)14(3)11-18(4,16)12-17-10-15-8-6-5-7-9-15;2*2-1-3;/h2*5-9,13-14H,10-12H2,1-4H3;;;1H4/t14-,18+;14-,18-;;;/m11.../s1. The Bertz CT molecular complexity index is 1020.